The summed E-state index contributed by atoms with van der Waals surface area (Å²) in [5.41, 5.74) is 0. The molecule has 0 aromatic heterocycles. The summed E-state index contributed by atoms with van der Waals surface area (Å²) in [6, 6.07) is 0.324. The van der Waals surface area contributed by atoms with Crippen molar-refractivity contribution >= 4 is 5.91 Å². The second kappa shape index (κ2) is 8.85. The summed E-state index contributed by atoms with van der Waals surface area (Å²) in [6.07, 6.45) is 4.72. The molecule has 0 saturated carbocycles. The van der Waals surface area contributed by atoms with Crippen molar-refractivity contribution in [3.05, 3.63) is 0 Å². The SMILES string of the molecule is CC(C)CC(NC1CCOCC1)C(=O)N1CCC(CO)CC1. The van der Waals surface area contributed by atoms with E-state index in [1.165, 1.54) is 0 Å². The molecule has 2 heterocycles. The molecule has 1 atom stereocenters. The molecule has 0 radical (unpaired) electrons. The predicted molar refractivity (Wildman–Crippen MR) is 86.6 cm³/mol. The average Bonchev–Trinajstić information content (AvgIpc) is 2.54. The number of nitrogens with zero attached hydrogens (tertiary/aromatic N) is 1. The number of carbonyl (C=O) groups excluding carboxylic acids is 1. The molecular weight excluding hydrogens is 280 g/mol. The first kappa shape index (κ1) is 17.7. The number of carbonyl (C=O) groups is 1. The number of rotatable bonds is 6. The Kier molecular flexibility index (Phi) is 7.12. The number of aliphatic hydroxyl groups is 1. The highest BCUT2D eigenvalue weighted by molar-refractivity contribution is 5.82. The van der Waals surface area contributed by atoms with E-state index in [0.29, 0.717) is 17.9 Å². The molecule has 0 aliphatic carbocycles. The minimum Gasteiger partial charge on any atom is -0.396 e. The number of nitrogens with one attached hydrogen (secondary N) is 1. The van der Waals surface area contributed by atoms with Gasteiger partial charge in [0.1, 0.15) is 0 Å². The summed E-state index contributed by atoms with van der Waals surface area (Å²) < 4.78 is 5.40. The van der Waals surface area contributed by atoms with Crippen LogP contribution in [0.5, 0.6) is 0 Å². The molecule has 2 rings (SSSR count). The number of hydrogen-bond acceptors (Lipinski definition) is 4. The summed E-state index contributed by atoms with van der Waals surface area (Å²) >= 11 is 0. The van der Waals surface area contributed by atoms with Crippen molar-refractivity contribution in [3.63, 3.8) is 0 Å². The lowest BCUT2D eigenvalue weighted by Crippen LogP contribution is -2.53. The van der Waals surface area contributed by atoms with Gasteiger partial charge in [-0.25, -0.2) is 0 Å². The van der Waals surface area contributed by atoms with Crippen molar-refractivity contribution in [2.45, 2.75) is 58.0 Å². The van der Waals surface area contributed by atoms with Crippen LogP contribution in [0.15, 0.2) is 0 Å². The van der Waals surface area contributed by atoms with Gasteiger partial charge in [-0.3, -0.25) is 4.79 Å². The molecule has 2 aliphatic rings. The van der Waals surface area contributed by atoms with E-state index in [2.05, 4.69) is 19.2 Å². The number of likely N-dealkylation sites (tertiary alicyclic amines) is 1. The van der Waals surface area contributed by atoms with Crippen LogP contribution in [0.25, 0.3) is 0 Å². The lowest BCUT2D eigenvalue weighted by molar-refractivity contribution is -0.136. The topological polar surface area (TPSA) is 61.8 Å². The molecule has 128 valence electrons. The highest BCUT2D eigenvalue weighted by Crippen LogP contribution is 2.19. The Balaban J connectivity index is 1.90. The van der Waals surface area contributed by atoms with Crippen LogP contribution in [-0.2, 0) is 9.53 Å². The number of ether oxygens (including phenoxy) is 1. The van der Waals surface area contributed by atoms with Crippen LogP contribution in [0.4, 0.5) is 0 Å². The Labute approximate surface area is 134 Å². The third-order valence-electron chi connectivity index (χ3n) is 4.85. The predicted octanol–water partition coefficient (Wildman–Crippen LogP) is 1.40. The van der Waals surface area contributed by atoms with Crippen molar-refractivity contribution in [3.8, 4) is 0 Å². The Morgan fingerprint density at radius 2 is 1.86 bits per heavy atom. The number of aliphatic hydroxyl groups excluding tert-OH is 1. The van der Waals surface area contributed by atoms with Crippen molar-refractivity contribution < 1.29 is 14.6 Å². The number of hydrogen-bond donors (Lipinski definition) is 2. The molecule has 0 bridgehead atoms. The Morgan fingerprint density at radius 1 is 1.23 bits per heavy atom. The van der Waals surface area contributed by atoms with Crippen LogP contribution in [-0.4, -0.2) is 60.9 Å². The van der Waals surface area contributed by atoms with Gasteiger partial charge in [-0.1, -0.05) is 13.8 Å². The highest BCUT2D eigenvalue weighted by Gasteiger charge is 2.30. The van der Waals surface area contributed by atoms with Crippen LogP contribution in [0, 0.1) is 11.8 Å². The quantitative estimate of drug-likeness (QED) is 0.778. The molecule has 5 heteroatoms. The fraction of sp³-hybridized carbons (Fsp3) is 0.941. The first-order valence-electron chi connectivity index (χ1n) is 8.83. The Bertz CT molecular complexity index is 335. The van der Waals surface area contributed by atoms with Gasteiger partial charge in [0.05, 0.1) is 6.04 Å². The summed E-state index contributed by atoms with van der Waals surface area (Å²) in [5.74, 6) is 1.11. The molecule has 2 saturated heterocycles. The third-order valence-corrected chi connectivity index (χ3v) is 4.85. The van der Waals surface area contributed by atoms with E-state index in [-0.39, 0.29) is 18.6 Å². The summed E-state index contributed by atoms with van der Waals surface area (Å²) in [4.78, 5) is 14.9. The maximum atomic E-state index is 12.9. The molecule has 0 aromatic carbocycles. The van der Waals surface area contributed by atoms with Gasteiger partial charge in [0.25, 0.3) is 0 Å². The van der Waals surface area contributed by atoms with E-state index in [4.69, 9.17) is 4.74 Å². The van der Waals surface area contributed by atoms with Crippen LogP contribution in [0.3, 0.4) is 0 Å². The van der Waals surface area contributed by atoms with E-state index >= 15 is 0 Å². The standard InChI is InChI=1S/C17H32N2O3/c1-13(2)11-16(18-15-5-9-22-10-6-15)17(21)19-7-3-14(12-20)4-8-19/h13-16,18,20H,3-12H2,1-2H3. The van der Waals surface area contributed by atoms with Gasteiger partial charge in [-0.05, 0) is 43.9 Å². The highest BCUT2D eigenvalue weighted by atomic mass is 16.5. The zero-order valence-electron chi connectivity index (χ0n) is 14.1. The summed E-state index contributed by atoms with van der Waals surface area (Å²) in [6.45, 7) is 7.75. The van der Waals surface area contributed by atoms with Gasteiger partial charge in [0.15, 0.2) is 0 Å². The van der Waals surface area contributed by atoms with Crippen LogP contribution >= 0.6 is 0 Å². The second-order valence-electron chi connectivity index (χ2n) is 7.19. The first-order valence-corrected chi connectivity index (χ1v) is 8.83. The molecule has 0 spiro atoms. The van der Waals surface area contributed by atoms with Crippen LogP contribution in [0.1, 0.15) is 46.0 Å². The fourth-order valence-corrected chi connectivity index (χ4v) is 3.42. The number of piperidine rings is 1. The van der Waals surface area contributed by atoms with E-state index in [9.17, 15) is 9.90 Å². The normalized spacial score (nSPS) is 23.0. The van der Waals surface area contributed by atoms with Crippen LogP contribution < -0.4 is 5.32 Å². The molecule has 0 aromatic rings. The lowest BCUT2D eigenvalue weighted by atomic mass is 9.95. The molecule has 22 heavy (non-hydrogen) atoms. The summed E-state index contributed by atoms with van der Waals surface area (Å²) in [7, 11) is 0. The van der Waals surface area contributed by atoms with Crippen molar-refractivity contribution in [2.75, 3.05) is 32.9 Å². The van der Waals surface area contributed by atoms with E-state index in [1.54, 1.807) is 0 Å². The summed E-state index contributed by atoms with van der Waals surface area (Å²) in [5, 5.41) is 12.8. The minimum atomic E-state index is -0.0752. The van der Waals surface area contributed by atoms with E-state index < -0.39 is 0 Å². The van der Waals surface area contributed by atoms with Crippen molar-refractivity contribution in [1.82, 2.24) is 10.2 Å². The zero-order valence-corrected chi connectivity index (χ0v) is 14.1. The maximum absolute atomic E-state index is 12.9. The van der Waals surface area contributed by atoms with Crippen molar-refractivity contribution in [1.29, 1.82) is 0 Å². The average molecular weight is 312 g/mol. The zero-order chi connectivity index (χ0) is 15.9. The lowest BCUT2D eigenvalue weighted by Gasteiger charge is -2.36. The van der Waals surface area contributed by atoms with Gasteiger partial charge in [0.2, 0.25) is 5.91 Å². The van der Waals surface area contributed by atoms with Gasteiger partial charge in [-0.2, -0.15) is 0 Å². The number of amides is 1. The third kappa shape index (κ3) is 5.21. The van der Waals surface area contributed by atoms with Gasteiger partial charge in [-0.15, -0.1) is 0 Å². The van der Waals surface area contributed by atoms with E-state index in [1.807, 2.05) is 4.90 Å². The van der Waals surface area contributed by atoms with Crippen LogP contribution in [0.2, 0.25) is 0 Å². The van der Waals surface area contributed by atoms with Crippen molar-refractivity contribution in [2.24, 2.45) is 11.8 Å². The van der Waals surface area contributed by atoms with Gasteiger partial charge < -0.3 is 20.1 Å². The minimum absolute atomic E-state index is 0.0752. The molecule has 2 N–H and O–H groups in total. The molecule has 5 nitrogen and oxygen atoms in total. The second-order valence-corrected chi connectivity index (χ2v) is 7.19. The Morgan fingerprint density at radius 3 is 2.41 bits per heavy atom. The smallest absolute Gasteiger partial charge is 0.239 e. The maximum Gasteiger partial charge on any atom is 0.239 e. The first-order chi connectivity index (χ1) is 10.6. The molecule has 1 amide bonds. The van der Waals surface area contributed by atoms with E-state index in [0.717, 1.165) is 58.4 Å². The Hall–Kier alpha value is -0.650. The largest absolute Gasteiger partial charge is 0.396 e. The fourth-order valence-electron chi connectivity index (χ4n) is 3.42. The molecule has 2 aliphatic heterocycles. The molecular formula is C17H32N2O3. The van der Waals surface area contributed by atoms with Gasteiger partial charge in [0, 0.05) is 39.0 Å². The van der Waals surface area contributed by atoms with Gasteiger partial charge >= 0.3 is 0 Å². The molecule has 2 fully saturated rings. The monoisotopic (exact) mass is 312 g/mol. The molecule has 1 unspecified atom stereocenters.